The van der Waals surface area contributed by atoms with Gasteiger partial charge in [-0.2, -0.15) is 4.98 Å². The summed E-state index contributed by atoms with van der Waals surface area (Å²) >= 11 is 0. The Hall–Kier alpha value is -8.75. The van der Waals surface area contributed by atoms with Gasteiger partial charge >= 0.3 is 0 Å². The fourth-order valence-corrected chi connectivity index (χ4v) is 9.22. The second-order valence-electron chi connectivity index (χ2n) is 15.8. The monoisotopic (exact) mass is 807 g/mol. The summed E-state index contributed by atoms with van der Waals surface area (Å²) in [5.74, 6) is 1.97. The van der Waals surface area contributed by atoms with Crippen molar-refractivity contribution in [2.24, 2.45) is 0 Å². The average Bonchev–Trinajstić information content (AvgIpc) is 4.01. The fourth-order valence-electron chi connectivity index (χ4n) is 9.22. The summed E-state index contributed by atoms with van der Waals surface area (Å²) in [4.78, 5) is 24.4. The Labute approximate surface area is 360 Å². The van der Waals surface area contributed by atoms with Gasteiger partial charge in [-0.1, -0.05) is 115 Å². The van der Waals surface area contributed by atoms with Gasteiger partial charge in [0, 0.05) is 44.3 Å². The molecule has 0 aliphatic rings. The maximum atomic E-state index is 6.04. The number of hydrogen-bond acceptors (Lipinski definition) is 6. The Balaban J connectivity index is 0.961. The third-order valence-corrected chi connectivity index (χ3v) is 12.1. The first-order valence-corrected chi connectivity index (χ1v) is 20.9. The highest BCUT2D eigenvalue weighted by Crippen LogP contribution is 2.39. The van der Waals surface area contributed by atoms with E-state index in [0.29, 0.717) is 11.8 Å². The lowest BCUT2D eigenvalue weighted by Crippen LogP contribution is -2.03. The largest absolute Gasteiger partial charge is 0.454 e. The minimum Gasteiger partial charge on any atom is -0.454 e. The van der Waals surface area contributed by atoms with Crippen LogP contribution in [0.1, 0.15) is 0 Å². The van der Waals surface area contributed by atoms with Crippen LogP contribution in [0.3, 0.4) is 0 Å². The van der Waals surface area contributed by atoms with E-state index in [1.54, 1.807) is 12.5 Å². The van der Waals surface area contributed by atoms with Crippen LogP contribution in [0.4, 0.5) is 0 Å². The van der Waals surface area contributed by atoms with E-state index < -0.39 is 0 Å². The number of fused-ring (bicyclic) bond motifs is 9. The molecule has 0 aliphatic heterocycles. The maximum Gasteiger partial charge on any atom is 0.238 e. The van der Waals surface area contributed by atoms with Crippen LogP contribution in [-0.4, -0.2) is 34.1 Å². The molecule has 63 heavy (non-hydrogen) atoms. The molecule has 8 heteroatoms. The number of pyridine rings is 2. The third kappa shape index (κ3) is 5.66. The molecule has 8 nitrogen and oxygen atoms in total. The van der Waals surface area contributed by atoms with Gasteiger partial charge in [-0.05, 0) is 95.1 Å². The number of para-hydroxylation sites is 2. The molecule has 0 aliphatic carbocycles. The molecule has 13 rings (SSSR count). The second kappa shape index (κ2) is 13.9. The molecule has 0 fully saturated rings. The Morgan fingerprint density at radius 1 is 0.365 bits per heavy atom. The van der Waals surface area contributed by atoms with E-state index in [1.807, 2.05) is 36.4 Å². The summed E-state index contributed by atoms with van der Waals surface area (Å²) in [6.45, 7) is 0. The highest BCUT2D eigenvalue weighted by Gasteiger charge is 2.20. The van der Waals surface area contributed by atoms with Crippen molar-refractivity contribution in [3.63, 3.8) is 0 Å². The van der Waals surface area contributed by atoms with Gasteiger partial charge in [0.15, 0.2) is 11.4 Å². The van der Waals surface area contributed by atoms with Crippen LogP contribution < -0.4 is 0 Å². The Kier molecular flexibility index (Phi) is 7.74. The Bertz CT molecular complexity index is 3870. The molecule has 13 aromatic rings. The number of hydrogen-bond donors (Lipinski definition) is 0. The van der Waals surface area contributed by atoms with Crippen LogP contribution in [0.5, 0.6) is 0 Å². The van der Waals surface area contributed by atoms with Crippen LogP contribution in [0.2, 0.25) is 0 Å². The fraction of sp³-hybridized carbons (Fsp3) is 0. The van der Waals surface area contributed by atoms with Gasteiger partial charge in [0.25, 0.3) is 0 Å². The van der Waals surface area contributed by atoms with Gasteiger partial charge in [0.2, 0.25) is 5.95 Å². The Morgan fingerprint density at radius 2 is 1.03 bits per heavy atom. The smallest absolute Gasteiger partial charge is 0.238 e. The SMILES string of the molecule is c1ccc(-c2cc(-c3ccccc3)nc(-n3c4ccccc4c4ccc(-c5ccc6c(c5)c5ccccc5n6-c5ncnc(-c6ccc7oc8cccnc8c7c6)n5)cc43)c2)cc1. The minimum atomic E-state index is 0.542. The van der Waals surface area contributed by atoms with Crippen LogP contribution in [-0.2, 0) is 0 Å². The van der Waals surface area contributed by atoms with Gasteiger partial charge in [-0.15, -0.1) is 0 Å². The van der Waals surface area contributed by atoms with Crippen molar-refractivity contribution in [1.82, 2.24) is 34.1 Å². The predicted molar refractivity (Wildman–Crippen MR) is 253 cm³/mol. The van der Waals surface area contributed by atoms with Crippen molar-refractivity contribution >= 4 is 65.7 Å². The van der Waals surface area contributed by atoms with E-state index in [4.69, 9.17) is 19.4 Å². The molecular formula is C55H33N7O. The highest BCUT2D eigenvalue weighted by molar-refractivity contribution is 6.12. The van der Waals surface area contributed by atoms with Crippen molar-refractivity contribution in [2.45, 2.75) is 0 Å². The molecule has 6 heterocycles. The molecule has 0 spiro atoms. The zero-order chi connectivity index (χ0) is 41.4. The van der Waals surface area contributed by atoms with Gasteiger partial charge in [0.05, 0.1) is 27.8 Å². The molecule has 0 unspecified atom stereocenters. The van der Waals surface area contributed by atoms with E-state index in [-0.39, 0.29) is 0 Å². The minimum absolute atomic E-state index is 0.542. The molecule has 0 radical (unpaired) electrons. The van der Waals surface area contributed by atoms with E-state index in [9.17, 15) is 0 Å². The molecular weight excluding hydrogens is 775 g/mol. The number of aromatic nitrogens is 7. The molecule has 0 bridgehead atoms. The van der Waals surface area contributed by atoms with Crippen molar-refractivity contribution < 1.29 is 4.42 Å². The van der Waals surface area contributed by atoms with Gasteiger partial charge in [-0.25, -0.2) is 15.0 Å². The third-order valence-electron chi connectivity index (χ3n) is 12.1. The van der Waals surface area contributed by atoms with Crippen molar-refractivity contribution in [3.8, 4) is 56.7 Å². The van der Waals surface area contributed by atoms with E-state index >= 15 is 0 Å². The lowest BCUT2D eigenvalue weighted by molar-refractivity contribution is 0.668. The zero-order valence-corrected chi connectivity index (χ0v) is 33.6. The lowest BCUT2D eigenvalue weighted by Gasteiger charge is -2.13. The van der Waals surface area contributed by atoms with E-state index in [2.05, 4.69) is 171 Å². The molecule has 6 aromatic heterocycles. The summed E-state index contributed by atoms with van der Waals surface area (Å²) in [7, 11) is 0. The predicted octanol–water partition coefficient (Wildman–Crippen LogP) is 13.4. The molecule has 294 valence electrons. The van der Waals surface area contributed by atoms with E-state index in [1.165, 1.54) is 10.8 Å². The average molecular weight is 808 g/mol. The van der Waals surface area contributed by atoms with Gasteiger partial charge in [-0.3, -0.25) is 14.1 Å². The summed E-state index contributed by atoms with van der Waals surface area (Å²) in [6.07, 6.45) is 3.37. The van der Waals surface area contributed by atoms with E-state index in [0.717, 1.165) is 99.8 Å². The summed E-state index contributed by atoms with van der Waals surface area (Å²) in [6, 6.07) is 65.7. The molecule has 7 aromatic carbocycles. The number of rotatable bonds is 6. The van der Waals surface area contributed by atoms with Gasteiger partial charge in [0.1, 0.15) is 23.2 Å². The topological polar surface area (TPSA) is 87.5 Å². The van der Waals surface area contributed by atoms with Crippen molar-refractivity contribution in [2.75, 3.05) is 0 Å². The van der Waals surface area contributed by atoms with Crippen LogP contribution in [0.15, 0.2) is 205 Å². The standard InChI is InChI=1S/C55H33N7O/c1-3-12-34(13-4-1)39-30-45(35-14-5-2-6-15-35)59-52(32-39)61-46-18-9-7-16-40(46)42-24-21-37(31-49(42)61)36-22-25-48-43(28-36)41-17-8-10-19-47(41)62(48)55-58-33-57-54(60-55)38-23-26-50-44(29-38)53-51(63-50)20-11-27-56-53/h1-33H. The van der Waals surface area contributed by atoms with Gasteiger partial charge < -0.3 is 4.42 Å². The molecule has 0 atom stereocenters. The maximum absolute atomic E-state index is 6.04. The second-order valence-corrected chi connectivity index (χ2v) is 15.8. The van der Waals surface area contributed by atoms with Crippen LogP contribution in [0, 0.1) is 0 Å². The Morgan fingerprint density at radius 3 is 1.87 bits per heavy atom. The number of benzene rings is 7. The normalized spacial score (nSPS) is 11.8. The first-order chi connectivity index (χ1) is 31.2. The van der Waals surface area contributed by atoms with Crippen molar-refractivity contribution in [3.05, 3.63) is 201 Å². The quantitative estimate of drug-likeness (QED) is 0.166. The number of furan rings is 1. The van der Waals surface area contributed by atoms with Crippen LogP contribution >= 0.6 is 0 Å². The summed E-state index contributed by atoms with van der Waals surface area (Å²) in [5.41, 5.74) is 13.8. The van der Waals surface area contributed by atoms with Crippen molar-refractivity contribution in [1.29, 1.82) is 0 Å². The lowest BCUT2D eigenvalue weighted by atomic mass is 10.0. The highest BCUT2D eigenvalue weighted by atomic mass is 16.3. The summed E-state index contributed by atoms with van der Waals surface area (Å²) < 4.78 is 10.5. The molecule has 0 saturated carbocycles. The number of nitrogens with zero attached hydrogens (tertiary/aromatic N) is 7. The first-order valence-electron chi connectivity index (χ1n) is 20.9. The molecule has 0 saturated heterocycles. The zero-order valence-electron chi connectivity index (χ0n) is 33.6. The first kappa shape index (κ1) is 35.0. The molecule has 0 N–H and O–H groups in total. The molecule has 0 amide bonds. The van der Waals surface area contributed by atoms with Crippen LogP contribution in [0.25, 0.3) is 122 Å². The summed E-state index contributed by atoms with van der Waals surface area (Å²) in [5, 5.41) is 5.48.